The Morgan fingerprint density at radius 2 is 1.57 bits per heavy atom. The number of benzene rings is 3. The summed E-state index contributed by atoms with van der Waals surface area (Å²) >= 11 is 0. The standard InChI is InChI=1S/C32H31NO4/c1-3-36-26-16-14-24(15-17-26)30-29(32(35)37-20-22-10-6-4-7-11-22)21(2)33-27-18-25(19-28(34)31(27)30)23-12-8-5-9-13-23/h4-18,25,30-31,33H,3,19-20H2,1-2H3. The Bertz CT molecular complexity index is 1330. The lowest BCUT2D eigenvalue weighted by atomic mass is 9.68. The van der Waals surface area contributed by atoms with Crippen molar-refractivity contribution in [3.63, 3.8) is 0 Å². The summed E-state index contributed by atoms with van der Waals surface area (Å²) in [6.45, 7) is 4.56. The van der Waals surface area contributed by atoms with Gasteiger partial charge in [-0.2, -0.15) is 0 Å². The van der Waals surface area contributed by atoms with E-state index in [0.29, 0.717) is 24.3 Å². The predicted molar refractivity (Wildman–Crippen MR) is 143 cm³/mol. The number of ether oxygens (including phenoxy) is 2. The third kappa shape index (κ3) is 5.21. The first-order chi connectivity index (χ1) is 18.0. The SMILES string of the molecule is CCOc1ccc(C2C(C(=O)OCc3ccccc3)=C(C)NC3=CC(c4ccccc4)CC(=O)C32)cc1. The molecule has 5 heteroatoms. The molecule has 0 fully saturated rings. The van der Waals surface area contributed by atoms with Crippen LogP contribution in [0.2, 0.25) is 0 Å². The van der Waals surface area contributed by atoms with Crippen molar-refractivity contribution >= 4 is 11.8 Å². The highest BCUT2D eigenvalue weighted by Crippen LogP contribution is 2.46. The maximum Gasteiger partial charge on any atom is 0.336 e. The summed E-state index contributed by atoms with van der Waals surface area (Å²) in [4.78, 5) is 27.3. The molecule has 188 valence electrons. The predicted octanol–water partition coefficient (Wildman–Crippen LogP) is 6.05. The normalized spacial score (nSPS) is 21.0. The summed E-state index contributed by atoms with van der Waals surface area (Å²) < 4.78 is 11.4. The summed E-state index contributed by atoms with van der Waals surface area (Å²) in [5.41, 5.74) is 4.96. The fourth-order valence-electron chi connectivity index (χ4n) is 5.36. The van der Waals surface area contributed by atoms with E-state index in [4.69, 9.17) is 9.47 Å². The van der Waals surface area contributed by atoms with Crippen LogP contribution in [0.4, 0.5) is 0 Å². The number of Topliss-reactive ketones (excluding diaryl/α,β-unsaturated/α-hetero) is 1. The fourth-order valence-corrected chi connectivity index (χ4v) is 5.36. The first-order valence-corrected chi connectivity index (χ1v) is 12.8. The molecule has 3 aromatic carbocycles. The highest BCUT2D eigenvalue weighted by molar-refractivity contribution is 5.96. The Hall–Kier alpha value is -4.12. The van der Waals surface area contributed by atoms with Crippen LogP contribution in [0.5, 0.6) is 5.75 Å². The molecule has 0 radical (unpaired) electrons. The second kappa shape index (κ2) is 10.9. The zero-order chi connectivity index (χ0) is 25.8. The number of carbonyl (C=O) groups excluding carboxylic acids is 2. The minimum atomic E-state index is -0.485. The lowest BCUT2D eigenvalue weighted by Gasteiger charge is -2.39. The van der Waals surface area contributed by atoms with Crippen molar-refractivity contribution in [3.8, 4) is 5.75 Å². The van der Waals surface area contributed by atoms with Crippen molar-refractivity contribution in [1.29, 1.82) is 0 Å². The summed E-state index contributed by atoms with van der Waals surface area (Å²) in [5, 5.41) is 3.40. The second-order valence-electron chi connectivity index (χ2n) is 9.49. The first kappa shape index (κ1) is 24.6. The van der Waals surface area contributed by atoms with Crippen LogP contribution in [0.3, 0.4) is 0 Å². The highest BCUT2D eigenvalue weighted by Gasteiger charge is 2.45. The number of ketones is 1. The van der Waals surface area contributed by atoms with E-state index in [1.807, 2.05) is 86.6 Å². The van der Waals surface area contributed by atoms with Gasteiger partial charge >= 0.3 is 5.97 Å². The van der Waals surface area contributed by atoms with E-state index in [2.05, 4.69) is 23.5 Å². The van der Waals surface area contributed by atoms with E-state index in [1.165, 1.54) is 0 Å². The molecule has 0 spiro atoms. The summed E-state index contributed by atoms with van der Waals surface area (Å²) in [5.74, 6) is -0.489. The van der Waals surface area contributed by atoms with Gasteiger partial charge in [-0.3, -0.25) is 4.79 Å². The Kier molecular flexibility index (Phi) is 7.22. The molecule has 2 aliphatic rings. The minimum Gasteiger partial charge on any atom is -0.494 e. The smallest absolute Gasteiger partial charge is 0.336 e. The number of nitrogens with one attached hydrogen (secondary N) is 1. The molecular formula is C32H31NO4. The van der Waals surface area contributed by atoms with Crippen LogP contribution in [0.15, 0.2) is 108 Å². The molecular weight excluding hydrogens is 462 g/mol. The monoisotopic (exact) mass is 493 g/mol. The van der Waals surface area contributed by atoms with E-state index in [9.17, 15) is 9.59 Å². The first-order valence-electron chi connectivity index (χ1n) is 12.8. The molecule has 0 bridgehead atoms. The molecule has 37 heavy (non-hydrogen) atoms. The van der Waals surface area contributed by atoms with Crippen LogP contribution in [0.25, 0.3) is 0 Å². The molecule has 1 aliphatic carbocycles. The Morgan fingerprint density at radius 3 is 2.24 bits per heavy atom. The van der Waals surface area contributed by atoms with E-state index >= 15 is 0 Å². The van der Waals surface area contributed by atoms with Gasteiger partial charge in [-0.15, -0.1) is 0 Å². The molecule has 5 nitrogen and oxygen atoms in total. The molecule has 0 saturated heterocycles. The largest absolute Gasteiger partial charge is 0.494 e. The van der Waals surface area contributed by atoms with Crippen LogP contribution < -0.4 is 10.1 Å². The maximum atomic E-state index is 13.7. The molecule has 1 N–H and O–H groups in total. The molecule has 1 heterocycles. The van der Waals surface area contributed by atoms with E-state index in [0.717, 1.165) is 28.1 Å². The van der Waals surface area contributed by atoms with Crippen molar-refractivity contribution < 1.29 is 19.1 Å². The van der Waals surface area contributed by atoms with Crippen molar-refractivity contribution in [2.45, 2.75) is 38.7 Å². The van der Waals surface area contributed by atoms with Crippen molar-refractivity contribution in [2.24, 2.45) is 5.92 Å². The summed E-state index contributed by atoms with van der Waals surface area (Å²) in [7, 11) is 0. The van der Waals surface area contributed by atoms with Gasteiger partial charge in [0.05, 0.1) is 18.1 Å². The average Bonchev–Trinajstić information content (AvgIpc) is 2.92. The van der Waals surface area contributed by atoms with Crippen molar-refractivity contribution in [3.05, 3.63) is 125 Å². The molecule has 0 aromatic heterocycles. The quantitative estimate of drug-likeness (QED) is 0.406. The number of rotatable bonds is 7. The van der Waals surface area contributed by atoms with Gasteiger partial charge in [0.2, 0.25) is 0 Å². The number of hydrogen-bond donors (Lipinski definition) is 1. The zero-order valence-corrected chi connectivity index (χ0v) is 21.1. The maximum absolute atomic E-state index is 13.7. The van der Waals surface area contributed by atoms with Gasteiger partial charge in [-0.05, 0) is 42.7 Å². The fraction of sp³-hybridized carbons (Fsp3) is 0.250. The van der Waals surface area contributed by atoms with Gasteiger partial charge in [0.1, 0.15) is 18.1 Å². The van der Waals surface area contributed by atoms with Crippen LogP contribution in [0, 0.1) is 5.92 Å². The van der Waals surface area contributed by atoms with Gasteiger partial charge in [0.15, 0.2) is 0 Å². The van der Waals surface area contributed by atoms with Crippen molar-refractivity contribution in [1.82, 2.24) is 5.32 Å². The summed E-state index contributed by atoms with van der Waals surface area (Å²) in [6.07, 6.45) is 2.54. The Balaban J connectivity index is 1.53. The van der Waals surface area contributed by atoms with Gasteiger partial charge in [-0.25, -0.2) is 4.79 Å². The molecule has 3 aromatic rings. The lowest BCUT2D eigenvalue weighted by Crippen LogP contribution is -2.41. The number of allylic oxidation sites excluding steroid dienone is 3. The molecule has 1 aliphatic heterocycles. The molecule has 0 saturated carbocycles. The topological polar surface area (TPSA) is 64.6 Å². The minimum absolute atomic E-state index is 0.00666. The van der Waals surface area contributed by atoms with Crippen LogP contribution in [-0.4, -0.2) is 18.4 Å². The van der Waals surface area contributed by atoms with E-state index < -0.39 is 17.8 Å². The van der Waals surface area contributed by atoms with Gasteiger partial charge in [-0.1, -0.05) is 78.9 Å². The number of hydrogen-bond acceptors (Lipinski definition) is 5. The van der Waals surface area contributed by atoms with Gasteiger partial charge in [0, 0.05) is 29.7 Å². The van der Waals surface area contributed by atoms with E-state index in [-0.39, 0.29) is 18.3 Å². The van der Waals surface area contributed by atoms with Crippen LogP contribution >= 0.6 is 0 Å². The number of esters is 1. The Labute approximate surface area is 217 Å². The lowest BCUT2D eigenvalue weighted by molar-refractivity contribution is -0.141. The summed E-state index contributed by atoms with van der Waals surface area (Å²) in [6, 6.07) is 27.4. The van der Waals surface area contributed by atoms with Crippen LogP contribution in [-0.2, 0) is 20.9 Å². The van der Waals surface area contributed by atoms with Gasteiger partial charge in [0.25, 0.3) is 0 Å². The second-order valence-corrected chi connectivity index (χ2v) is 9.49. The van der Waals surface area contributed by atoms with Crippen LogP contribution in [0.1, 0.15) is 48.8 Å². The van der Waals surface area contributed by atoms with Crippen molar-refractivity contribution in [2.75, 3.05) is 6.61 Å². The van der Waals surface area contributed by atoms with E-state index in [1.54, 1.807) is 0 Å². The molecule has 5 rings (SSSR count). The number of fused-ring (bicyclic) bond motifs is 1. The van der Waals surface area contributed by atoms with Gasteiger partial charge < -0.3 is 14.8 Å². The Morgan fingerprint density at radius 1 is 0.892 bits per heavy atom. The third-order valence-corrected chi connectivity index (χ3v) is 7.07. The average molecular weight is 494 g/mol. The number of carbonyl (C=O) groups is 2. The molecule has 3 atom stereocenters. The third-order valence-electron chi connectivity index (χ3n) is 7.07. The zero-order valence-electron chi connectivity index (χ0n) is 21.1. The molecule has 3 unspecified atom stereocenters. The highest BCUT2D eigenvalue weighted by atomic mass is 16.5. The molecule has 0 amide bonds.